The van der Waals surface area contributed by atoms with E-state index in [1.54, 1.807) is 0 Å². The second-order valence-electron chi connectivity index (χ2n) is 4.89. The minimum absolute atomic E-state index is 0.247. The van der Waals surface area contributed by atoms with E-state index in [0.717, 1.165) is 40.9 Å². The van der Waals surface area contributed by atoms with Crippen LogP contribution in [-0.4, -0.2) is 18.1 Å². The number of nitrogens with zero attached hydrogens (tertiary/aromatic N) is 1. The molecule has 0 bridgehead atoms. The highest BCUT2D eigenvalue weighted by molar-refractivity contribution is 5.94. The van der Waals surface area contributed by atoms with Crippen molar-refractivity contribution in [3.05, 3.63) is 34.8 Å². The summed E-state index contributed by atoms with van der Waals surface area (Å²) in [4.78, 5) is 4.50. The smallest absolute Gasteiger partial charge is 0.149 e. The van der Waals surface area contributed by atoms with Gasteiger partial charge in [-0.05, 0) is 31.5 Å². The first-order valence-corrected chi connectivity index (χ1v) is 6.64. The standard InChI is InChI=1S/C15H17FN2O/c1-3-17-14-10-6-9(2)7-12(16)15(10)18-13-4-5-19-8-11(13)14/h6-7H,3-5,8H2,1-2H3,(H,17,18). The molecule has 100 valence electrons. The third-order valence-electron chi connectivity index (χ3n) is 3.46. The van der Waals surface area contributed by atoms with Crippen LogP contribution < -0.4 is 5.32 Å². The number of nitrogens with one attached hydrogen (secondary N) is 1. The fourth-order valence-corrected chi connectivity index (χ4v) is 2.63. The number of pyridine rings is 1. The fraction of sp³-hybridized carbons (Fsp3) is 0.400. The fourth-order valence-electron chi connectivity index (χ4n) is 2.63. The van der Waals surface area contributed by atoms with Crippen LogP contribution >= 0.6 is 0 Å². The van der Waals surface area contributed by atoms with Gasteiger partial charge in [0, 0.05) is 23.9 Å². The molecule has 0 unspecified atom stereocenters. The summed E-state index contributed by atoms with van der Waals surface area (Å²) in [6, 6.07) is 3.52. The molecule has 1 N–H and O–H groups in total. The molecule has 3 nitrogen and oxygen atoms in total. The van der Waals surface area contributed by atoms with Crippen molar-refractivity contribution >= 4 is 16.6 Å². The number of aryl methyl sites for hydroxylation is 1. The Hall–Kier alpha value is -1.68. The molecule has 0 aliphatic carbocycles. The highest BCUT2D eigenvalue weighted by Crippen LogP contribution is 2.33. The van der Waals surface area contributed by atoms with Crippen LogP contribution in [0.15, 0.2) is 12.1 Å². The lowest BCUT2D eigenvalue weighted by atomic mass is 10.0. The molecule has 4 heteroatoms. The molecule has 1 aliphatic rings. The molecule has 0 amide bonds. The third kappa shape index (κ3) is 2.06. The maximum atomic E-state index is 14.1. The predicted octanol–water partition coefficient (Wildman–Crippen LogP) is 3.19. The van der Waals surface area contributed by atoms with Gasteiger partial charge in [0.05, 0.1) is 24.6 Å². The van der Waals surface area contributed by atoms with E-state index in [1.807, 2.05) is 19.9 Å². The molecule has 0 saturated carbocycles. The average molecular weight is 260 g/mol. The molecular formula is C15H17FN2O. The number of aromatic nitrogens is 1. The minimum Gasteiger partial charge on any atom is -0.384 e. The summed E-state index contributed by atoms with van der Waals surface area (Å²) in [5.74, 6) is -0.247. The number of hydrogen-bond acceptors (Lipinski definition) is 3. The Balaban J connectivity index is 2.35. The number of rotatable bonds is 2. The van der Waals surface area contributed by atoms with Gasteiger partial charge in [-0.2, -0.15) is 0 Å². The number of fused-ring (bicyclic) bond motifs is 2. The zero-order chi connectivity index (χ0) is 13.4. The monoisotopic (exact) mass is 260 g/mol. The topological polar surface area (TPSA) is 34.2 Å². The normalized spacial score (nSPS) is 14.5. The zero-order valence-electron chi connectivity index (χ0n) is 11.2. The van der Waals surface area contributed by atoms with Crippen LogP contribution in [0.1, 0.15) is 23.7 Å². The summed E-state index contributed by atoms with van der Waals surface area (Å²) in [5.41, 5.74) is 4.37. The van der Waals surface area contributed by atoms with Gasteiger partial charge in [0.25, 0.3) is 0 Å². The molecule has 1 aromatic carbocycles. The van der Waals surface area contributed by atoms with Crippen LogP contribution in [0.2, 0.25) is 0 Å². The molecule has 0 atom stereocenters. The number of ether oxygens (including phenoxy) is 1. The number of benzene rings is 1. The van der Waals surface area contributed by atoms with Crippen molar-refractivity contribution in [1.29, 1.82) is 0 Å². The molecule has 1 aromatic heterocycles. The van der Waals surface area contributed by atoms with Gasteiger partial charge in [-0.25, -0.2) is 9.37 Å². The van der Waals surface area contributed by atoms with Gasteiger partial charge in [-0.1, -0.05) is 0 Å². The number of anilines is 1. The molecule has 0 saturated heterocycles. The van der Waals surface area contributed by atoms with Gasteiger partial charge >= 0.3 is 0 Å². The average Bonchev–Trinajstić information content (AvgIpc) is 2.40. The van der Waals surface area contributed by atoms with E-state index in [-0.39, 0.29) is 5.82 Å². The lowest BCUT2D eigenvalue weighted by Gasteiger charge is -2.22. The highest BCUT2D eigenvalue weighted by atomic mass is 19.1. The van der Waals surface area contributed by atoms with Crippen molar-refractivity contribution in [2.24, 2.45) is 0 Å². The summed E-state index contributed by atoms with van der Waals surface area (Å²) in [7, 11) is 0. The SMILES string of the molecule is CCNc1c2c(nc3c(F)cc(C)cc13)CCOC2. The molecule has 0 spiro atoms. The second kappa shape index (κ2) is 4.78. The van der Waals surface area contributed by atoms with Gasteiger partial charge in [0.2, 0.25) is 0 Å². The Morgan fingerprint density at radius 3 is 3.05 bits per heavy atom. The highest BCUT2D eigenvalue weighted by Gasteiger charge is 2.20. The van der Waals surface area contributed by atoms with Crippen LogP contribution in [0.25, 0.3) is 10.9 Å². The molecule has 3 rings (SSSR count). The third-order valence-corrected chi connectivity index (χ3v) is 3.46. The van der Waals surface area contributed by atoms with E-state index in [1.165, 1.54) is 6.07 Å². The van der Waals surface area contributed by atoms with Gasteiger partial charge < -0.3 is 10.1 Å². The first-order chi connectivity index (χ1) is 9.20. The molecule has 1 aliphatic heterocycles. The van der Waals surface area contributed by atoms with Crippen molar-refractivity contribution in [3.8, 4) is 0 Å². The van der Waals surface area contributed by atoms with Gasteiger partial charge in [-0.15, -0.1) is 0 Å². The van der Waals surface area contributed by atoms with E-state index in [2.05, 4.69) is 10.3 Å². The van der Waals surface area contributed by atoms with Gasteiger partial charge in [0.15, 0.2) is 0 Å². The first kappa shape index (κ1) is 12.4. The van der Waals surface area contributed by atoms with Gasteiger partial charge in [0.1, 0.15) is 11.3 Å². The maximum Gasteiger partial charge on any atom is 0.149 e. The Morgan fingerprint density at radius 1 is 1.42 bits per heavy atom. The van der Waals surface area contributed by atoms with Crippen molar-refractivity contribution in [3.63, 3.8) is 0 Å². The lowest BCUT2D eigenvalue weighted by Crippen LogP contribution is -2.15. The largest absolute Gasteiger partial charge is 0.384 e. The van der Waals surface area contributed by atoms with Crippen LogP contribution in [0, 0.1) is 12.7 Å². The number of hydrogen-bond donors (Lipinski definition) is 1. The van der Waals surface area contributed by atoms with E-state index in [4.69, 9.17) is 4.74 Å². The molecule has 19 heavy (non-hydrogen) atoms. The lowest BCUT2D eigenvalue weighted by molar-refractivity contribution is 0.110. The van der Waals surface area contributed by atoms with Crippen LogP contribution in [0.4, 0.5) is 10.1 Å². The second-order valence-corrected chi connectivity index (χ2v) is 4.89. The Morgan fingerprint density at radius 2 is 2.26 bits per heavy atom. The van der Waals surface area contributed by atoms with Crippen molar-refractivity contribution in [1.82, 2.24) is 4.98 Å². The van der Waals surface area contributed by atoms with Gasteiger partial charge in [-0.3, -0.25) is 0 Å². The quantitative estimate of drug-likeness (QED) is 0.900. The minimum atomic E-state index is -0.247. The Bertz CT molecular complexity index is 640. The van der Waals surface area contributed by atoms with E-state index in [9.17, 15) is 4.39 Å². The molecule has 0 radical (unpaired) electrons. The van der Waals surface area contributed by atoms with Crippen LogP contribution in [0.5, 0.6) is 0 Å². The Labute approximate surface area is 111 Å². The molecule has 2 heterocycles. The molecule has 0 fully saturated rings. The van der Waals surface area contributed by atoms with Crippen molar-refractivity contribution in [2.45, 2.75) is 26.9 Å². The summed E-state index contributed by atoms with van der Waals surface area (Å²) in [5, 5.41) is 4.20. The van der Waals surface area contributed by atoms with Crippen molar-refractivity contribution < 1.29 is 9.13 Å². The van der Waals surface area contributed by atoms with E-state index in [0.29, 0.717) is 18.7 Å². The first-order valence-electron chi connectivity index (χ1n) is 6.64. The van der Waals surface area contributed by atoms with E-state index >= 15 is 0 Å². The van der Waals surface area contributed by atoms with Crippen LogP contribution in [0.3, 0.4) is 0 Å². The zero-order valence-corrected chi connectivity index (χ0v) is 11.2. The molecular weight excluding hydrogens is 243 g/mol. The summed E-state index contributed by atoms with van der Waals surface area (Å²) < 4.78 is 19.6. The van der Waals surface area contributed by atoms with Crippen LogP contribution in [-0.2, 0) is 17.8 Å². The van der Waals surface area contributed by atoms with E-state index < -0.39 is 0 Å². The Kier molecular flexibility index (Phi) is 3.11. The molecule has 2 aromatic rings. The number of halogens is 1. The predicted molar refractivity (Wildman–Crippen MR) is 74.0 cm³/mol. The maximum absolute atomic E-state index is 14.1. The summed E-state index contributed by atoms with van der Waals surface area (Å²) in [6.07, 6.45) is 0.747. The summed E-state index contributed by atoms with van der Waals surface area (Å²) >= 11 is 0. The summed E-state index contributed by atoms with van der Waals surface area (Å²) in [6.45, 7) is 5.94. The van der Waals surface area contributed by atoms with Crippen molar-refractivity contribution in [2.75, 3.05) is 18.5 Å².